The number of allylic oxidation sites excluding steroid dienone is 1. The number of benzene rings is 1. The molecule has 0 aliphatic rings. The van der Waals surface area contributed by atoms with E-state index in [1.165, 1.54) is 0 Å². The highest BCUT2D eigenvalue weighted by molar-refractivity contribution is 5.66. The van der Waals surface area contributed by atoms with E-state index in [9.17, 15) is 0 Å². The zero-order valence-corrected chi connectivity index (χ0v) is 8.46. The Morgan fingerprint density at radius 2 is 1.86 bits per heavy atom. The fourth-order valence-corrected chi connectivity index (χ4v) is 1.23. The Kier molecular flexibility index (Phi) is 3.74. The molecule has 1 aromatic rings. The Morgan fingerprint density at radius 3 is 2.36 bits per heavy atom. The molecule has 0 saturated carbocycles. The van der Waals surface area contributed by atoms with E-state index in [0.717, 1.165) is 16.8 Å². The van der Waals surface area contributed by atoms with Crippen molar-refractivity contribution in [2.45, 2.75) is 0 Å². The van der Waals surface area contributed by atoms with Crippen LogP contribution in [0.1, 0.15) is 11.1 Å². The topological polar surface area (TPSA) is 12.0 Å². The van der Waals surface area contributed by atoms with Crippen molar-refractivity contribution in [3.8, 4) is 0 Å². The molecule has 0 spiro atoms. The van der Waals surface area contributed by atoms with Gasteiger partial charge in [0.25, 0.3) is 0 Å². The van der Waals surface area contributed by atoms with Crippen molar-refractivity contribution in [1.29, 1.82) is 0 Å². The molecule has 14 heavy (non-hydrogen) atoms. The molecule has 1 N–H and O–H groups in total. The molecule has 0 aromatic heterocycles. The minimum absolute atomic E-state index is 0.999. The van der Waals surface area contributed by atoms with E-state index >= 15 is 0 Å². The third kappa shape index (κ3) is 2.36. The van der Waals surface area contributed by atoms with E-state index in [4.69, 9.17) is 0 Å². The summed E-state index contributed by atoms with van der Waals surface area (Å²) in [5, 5.41) is 3.06. The van der Waals surface area contributed by atoms with Crippen LogP contribution in [0, 0.1) is 0 Å². The second-order valence-electron chi connectivity index (χ2n) is 2.89. The Morgan fingerprint density at radius 1 is 1.21 bits per heavy atom. The maximum atomic E-state index is 3.78. The van der Waals surface area contributed by atoms with Crippen molar-refractivity contribution in [1.82, 2.24) is 5.32 Å². The Hall–Kier alpha value is -1.76. The lowest BCUT2D eigenvalue weighted by Gasteiger charge is -2.03. The van der Waals surface area contributed by atoms with Gasteiger partial charge in [0.2, 0.25) is 0 Å². The van der Waals surface area contributed by atoms with Gasteiger partial charge in [-0.25, -0.2) is 0 Å². The fourth-order valence-electron chi connectivity index (χ4n) is 1.23. The van der Waals surface area contributed by atoms with Crippen LogP contribution in [0.2, 0.25) is 0 Å². The summed E-state index contributed by atoms with van der Waals surface area (Å²) < 4.78 is 0. The number of rotatable bonds is 4. The van der Waals surface area contributed by atoms with Crippen LogP contribution in [0.5, 0.6) is 0 Å². The van der Waals surface area contributed by atoms with Crippen LogP contribution in [0.4, 0.5) is 0 Å². The molecular formula is C13H15N. The van der Waals surface area contributed by atoms with Gasteiger partial charge in [-0.15, -0.1) is 0 Å². The first-order chi connectivity index (χ1) is 6.81. The van der Waals surface area contributed by atoms with E-state index < -0.39 is 0 Å². The zero-order valence-electron chi connectivity index (χ0n) is 8.46. The molecule has 0 bridgehead atoms. The molecule has 0 atom stereocenters. The van der Waals surface area contributed by atoms with Gasteiger partial charge in [0.05, 0.1) is 0 Å². The van der Waals surface area contributed by atoms with Gasteiger partial charge < -0.3 is 5.32 Å². The third-order valence-electron chi connectivity index (χ3n) is 2.04. The van der Waals surface area contributed by atoms with Crippen molar-refractivity contribution >= 4 is 12.2 Å². The molecule has 1 nitrogen and oxygen atoms in total. The van der Waals surface area contributed by atoms with Crippen molar-refractivity contribution in [2.75, 3.05) is 7.05 Å². The van der Waals surface area contributed by atoms with E-state index in [1.807, 2.05) is 37.4 Å². The average molecular weight is 185 g/mol. The molecule has 1 rings (SSSR count). The van der Waals surface area contributed by atoms with Crippen molar-refractivity contribution in [3.05, 3.63) is 60.3 Å². The predicted octanol–water partition coefficient (Wildman–Crippen LogP) is 3.08. The first-order valence-electron chi connectivity index (χ1n) is 4.55. The first kappa shape index (κ1) is 10.3. The summed E-state index contributed by atoms with van der Waals surface area (Å²) in [5.74, 6) is 0. The Bertz CT molecular complexity index is 361. The SMILES string of the molecule is C=C/C(=C\c1ccccc1C=C)NC. The van der Waals surface area contributed by atoms with Crippen molar-refractivity contribution < 1.29 is 0 Å². The van der Waals surface area contributed by atoms with Crippen LogP contribution in [0.15, 0.2) is 49.2 Å². The van der Waals surface area contributed by atoms with E-state index in [2.05, 4.69) is 24.5 Å². The highest BCUT2D eigenvalue weighted by Gasteiger charge is 1.94. The summed E-state index contributed by atoms with van der Waals surface area (Å²) in [5.41, 5.74) is 3.27. The van der Waals surface area contributed by atoms with Crippen LogP contribution >= 0.6 is 0 Å². The second-order valence-corrected chi connectivity index (χ2v) is 2.89. The molecule has 0 unspecified atom stereocenters. The fraction of sp³-hybridized carbons (Fsp3) is 0.0769. The molecule has 0 heterocycles. The molecule has 0 amide bonds. The van der Waals surface area contributed by atoms with Gasteiger partial charge >= 0.3 is 0 Å². The Labute approximate surface area is 85.5 Å². The molecule has 1 aromatic carbocycles. The maximum absolute atomic E-state index is 3.78. The van der Waals surface area contributed by atoms with Crippen LogP contribution in [-0.2, 0) is 0 Å². The molecule has 0 saturated heterocycles. The summed E-state index contributed by atoms with van der Waals surface area (Å²) in [6.07, 6.45) is 5.69. The first-order valence-corrected chi connectivity index (χ1v) is 4.55. The molecule has 0 radical (unpaired) electrons. The van der Waals surface area contributed by atoms with Gasteiger partial charge in [-0.05, 0) is 23.3 Å². The number of nitrogens with one attached hydrogen (secondary N) is 1. The van der Waals surface area contributed by atoms with E-state index in [0.29, 0.717) is 0 Å². The normalized spacial score (nSPS) is 10.8. The van der Waals surface area contributed by atoms with Crippen LogP contribution in [-0.4, -0.2) is 7.05 Å². The molecular weight excluding hydrogens is 170 g/mol. The minimum Gasteiger partial charge on any atom is -0.388 e. The molecule has 72 valence electrons. The van der Waals surface area contributed by atoms with Gasteiger partial charge in [-0.2, -0.15) is 0 Å². The third-order valence-corrected chi connectivity index (χ3v) is 2.04. The monoisotopic (exact) mass is 185 g/mol. The summed E-state index contributed by atoms with van der Waals surface area (Å²) in [7, 11) is 1.88. The predicted molar refractivity (Wildman–Crippen MR) is 63.8 cm³/mol. The minimum atomic E-state index is 0.999. The molecule has 0 fully saturated rings. The van der Waals surface area contributed by atoms with Gasteiger partial charge in [-0.3, -0.25) is 0 Å². The highest BCUT2D eigenvalue weighted by atomic mass is 14.8. The summed E-state index contributed by atoms with van der Waals surface area (Å²) in [6.45, 7) is 7.50. The summed E-state index contributed by atoms with van der Waals surface area (Å²) in [6, 6.07) is 8.10. The molecule has 1 heteroatoms. The lowest BCUT2D eigenvalue weighted by atomic mass is 10.1. The molecule has 0 aliphatic heterocycles. The van der Waals surface area contributed by atoms with Gasteiger partial charge in [0.1, 0.15) is 0 Å². The molecule has 0 aliphatic carbocycles. The van der Waals surface area contributed by atoms with Crippen LogP contribution < -0.4 is 5.32 Å². The standard InChI is InChI=1S/C13H15N/c1-4-11-8-6-7-9-12(11)10-13(5-2)14-3/h4-10,14H,1-2H2,3H3/b13-10+. The zero-order chi connectivity index (χ0) is 10.4. The highest BCUT2D eigenvalue weighted by Crippen LogP contribution is 2.13. The Balaban J connectivity index is 3.12. The van der Waals surface area contributed by atoms with Crippen molar-refractivity contribution in [2.24, 2.45) is 0 Å². The maximum Gasteiger partial charge on any atom is 0.0337 e. The van der Waals surface area contributed by atoms with E-state index in [1.54, 1.807) is 6.08 Å². The van der Waals surface area contributed by atoms with E-state index in [-0.39, 0.29) is 0 Å². The smallest absolute Gasteiger partial charge is 0.0337 e. The number of hydrogen-bond acceptors (Lipinski definition) is 1. The van der Waals surface area contributed by atoms with Gasteiger partial charge in [0, 0.05) is 12.7 Å². The average Bonchev–Trinajstić information content (AvgIpc) is 2.26. The number of likely N-dealkylation sites (N-methyl/N-ethyl adjacent to an activating group) is 1. The van der Waals surface area contributed by atoms with Gasteiger partial charge in [0.15, 0.2) is 0 Å². The quantitative estimate of drug-likeness (QED) is 0.711. The van der Waals surface area contributed by atoms with Crippen molar-refractivity contribution in [3.63, 3.8) is 0 Å². The lowest BCUT2D eigenvalue weighted by Crippen LogP contribution is -2.02. The van der Waals surface area contributed by atoms with Crippen LogP contribution in [0.3, 0.4) is 0 Å². The second kappa shape index (κ2) is 5.07. The largest absolute Gasteiger partial charge is 0.388 e. The summed E-state index contributed by atoms with van der Waals surface area (Å²) in [4.78, 5) is 0. The lowest BCUT2D eigenvalue weighted by molar-refractivity contribution is 1.05. The summed E-state index contributed by atoms with van der Waals surface area (Å²) >= 11 is 0. The van der Waals surface area contributed by atoms with Crippen LogP contribution in [0.25, 0.3) is 12.2 Å². The number of hydrogen-bond donors (Lipinski definition) is 1. The van der Waals surface area contributed by atoms with Gasteiger partial charge in [-0.1, -0.05) is 43.5 Å².